The van der Waals surface area contributed by atoms with Gasteiger partial charge in [-0.15, -0.1) is 0 Å². The molecule has 5 heteroatoms. The smallest absolute Gasteiger partial charge is 0.222 e. The van der Waals surface area contributed by atoms with Crippen LogP contribution in [0.15, 0.2) is 47.2 Å². The minimum Gasteiger partial charge on any atom is -0.387 e. The average Bonchev–Trinajstić information content (AvgIpc) is 3.14. The van der Waals surface area contributed by atoms with Crippen molar-refractivity contribution in [2.45, 2.75) is 18.9 Å². The van der Waals surface area contributed by atoms with Gasteiger partial charge in [-0.05, 0) is 34.4 Å². The molecule has 1 aromatic heterocycles. The summed E-state index contributed by atoms with van der Waals surface area (Å²) in [5.74, 6) is 0.240. The number of amides is 1. The van der Waals surface area contributed by atoms with Crippen molar-refractivity contribution in [2.24, 2.45) is 0 Å². The minimum atomic E-state index is -0.466. The monoisotopic (exact) mass is 344 g/mol. The third-order valence-corrected chi connectivity index (χ3v) is 5.28. The summed E-state index contributed by atoms with van der Waals surface area (Å²) in [4.78, 5) is 16.5. The van der Waals surface area contributed by atoms with Gasteiger partial charge in [-0.3, -0.25) is 9.69 Å². The Morgan fingerprint density at radius 2 is 1.88 bits per heavy atom. The predicted octanol–water partition coefficient (Wildman–Crippen LogP) is 2.56. The van der Waals surface area contributed by atoms with Crippen LogP contribution >= 0.6 is 11.3 Å². The van der Waals surface area contributed by atoms with Crippen LogP contribution in [0.4, 0.5) is 0 Å². The molecule has 3 rings (SSSR count). The first-order chi connectivity index (χ1) is 11.7. The summed E-state index contributed by atoms with van der Waals surface area (Å²) >= 11 is 1.68. The standard InChI is InChI=1S/C19H24N2O2S/c22-18(17-4-2-1-3-5-17)14-20-9-11-21(12-10-20)19(23)7-6-16-8-13-24-15-16/h1-5,8,13,15,18,22H,6-7,9-12,14H2/t18-/m1/s1. The summed E-state index contributed by atoms with van der Waals surface area (Å²) in [7, 11) is 0. The van der Waals surface area contributed by atoms with Gasteiger partial charge in [0.15, 0.2) is 0 Å². The number of carbonyl (C=O) groups excluding carboxylic acids is 1. The Labute approximate surface area is 147 Å². The fourth-order valence-electron chi connectivity index (χ4n) is 3.05. The van der Waals surface area contributed by atoms with E-state index in [4.69, 9.17) is 0 Å². The highest BCUT2D eigenvalue weighted by molar-refractivity contribution is 7.07. The quantitative estimate of drug-likeness (QED) is 0.876. The topological polar surface area (TPSA) is 43.8 Å². The van der Waals surface area contributed by atoms with Gasteiger partial charge in [0.05, 0.1) is 6.10 Å². The lowest BCUT2D eigenvalue weighted by molar-refractivity contribution is -0.133. The predicted molar refractivity (Wildman–Crippen MR) is 97.1 cm³/mol. The molecule has 0 unspecified atom stereocenters. The number of aliphatic hydroxyl groups is 1. The van der Waals surface area contributed by atoms with Crippen LogP contribution in [0, 0.1) is 0 Å². The summed E-state index contributed by atoms with van der Waals surface area (Å²) < 4.78 is 0. The minimum absolute atomic E-state index is 0.240. The van der Waals surface area contributed by atoms with Gasteiger partial charge < -0.3 is 10.0 Å². The molecule has 0 saturated carbocycles. The Balaban J connectivity index is 1.41. The maximum atomic E-state index is 12.3. The number of benzene rings is 1. The fourth-order valence-corrected chi connectivity index (χ4v) is 3.75. The molecule has 1 N–H and O–H groups in total. The fraction of sp³-hybridized carbons (Fsp3) is 0.421. The number of hydrogen-bond acceptors (Lipinski definition) is 4. The van der Waals surface area contributed by atoms with Crippen molar-refractivity contribution in [3.63, 3.8) is 0 Å². The number of hydrogen-bond donors (Lipinski definition) is 1. The molecule has 0 bridgehead atoms. The van der Waals surface area contributed by atoms with E-state index in [0.29, 0.717) is 13.0 Å². The van der Waals surface area contributed by atoms with E-state index < -0.39 is 6.10 Å². The molecule has 0 spiro atoms. The number of piperazine rings is 1. The van der Waals surface area contributed by atoms with Crippen molar-refractivity contribution in [1.29, 1.82) is 0 Å². The van der Waals surface area contributed by atoms with E-state index in [-0.39, 0.29) is 5.91 Å². The molecule has 1 aromatic carbocycles. The van der Waals surface area contributed by atoms with Gasteiger partial charge in [-0.25, -0.2) is 0 Å². The lowest BCUT2D eigenvalue weighted by atomic mass is 10.1. The third kappa shape index (κ3) is 4.66. The van der Waals surface area contributed by atoms with Gasteiger partial charge in [0.1, 0.15) is 0 Å². The van der Waals surface area contributed by atoms with Gasteiger partial charge in [-0.1, -0.05) is 30.3 Å². The van der Waals surface area contributed by atoms with Crippen LogP contribution < -0.4 is 0 Å². The third-order valence-electron chi connectivity index (χ3n) is 4.55. The van der Waals surface area contributed by atoms with E-state index in [1.807, 2.05) is 35.2 Å². The molecule has 1 amide bonds. The maximum Gasteiger partial charge on any atom is 0.222 e. The second-order valence-electron chi connectivity index (χ2n) is 6.24. The molecule has 2 aromatic rings. The zero-order valence-corrected chi connectivity index (χ0v) is 14.6. The van der Waals surface area contributed by atoms with Crippen LogP contribution in [0.3, 0.4) is 0 Å². The van der Waals surface area contributed by atoms with Crippen LogP contribution in [0.5, 0.6) is 0 Å². The van der Waals surface area contributed by atoms with Gasteiger partial charge in [0, 0.05) is 39.1 Å². The summed E-state index contributed by atoms with van der Waals surface area (Å²) in [5.41, 5.74) is 2.20. The largest absolute Gasteiger partial charge is 0.387 e. The van der Waals surface area contributed by atoms with Gasteiger partial charge >= 0.3 is 0 Å². The molecular formula is C19H24N2O2S. The molecule has 24 heavy (non-hydrogen) atoms. The molecule has 1 atom stereocenters. The zero-order chi connectivity index (χ0) is 16.8. The van der Waals surface area contributed by atoms with Crippen molar-refractivity contribution in [1.82, 2.24) is 9.80 Å². The van der Waals surface area contributed by atoms with E-state index in [1.165, 1.54) is 5.56 Å². The summed E-state index contributed by atoms with van der Waals surface area (Å²) in [6.45, 7) is 3.79. The number of nitrogens with zero attached hydrogens (tertiary/aromatic N) is 2. The van der Waals surface area contributed by atoms with Crippen molar-refractivity contribution < 1.29 is 9.90 Å². The van der Waals surface area contributed by atoms with Crippen molar-refractivity contribution in [3.8, 4) is 0 Å². The first-order valence-electron chi connectivity index (χ1n) is 8.46. The van der Waals surface area contributed by atoms with Crippen LogP contribution in [-0.4, -0.2) is 53.5 Å². The number of aliphatic hydroxyl groups excluding tert-OH is 1. The highest BCUT2D eigenvalue weighted by atomic mass is 32.1. The lowest BCUT2D eigenvalue weighted by Crippen LogP contribution is -2.49. The Hall–Kier alpha value is -1.69. The number of thiophene rings is 1. The van der Waals surface area contributed by atoms with Crippen molar-refractivity contribution >= 4 is 17.2 Å². The van der Waals surface area contributed by atoms with Crippen molar-refractivity contribution in [3.05, 3.63) is 58.3 Å². The van der Waals surface area contributed by atoms with Crippen LogP contribution in [0.1, 0.15) is 23.7 Å². The van der Waals surface area contributed by atoms with Crippen LogP contribution in [-0.2, 0) is 11.2 Å². The molecule has 4 nitrogen and oxygen atoms in total. The highest BCUT2D eigenvalue weighted by Gasteiger charge is 2.22. The summed E-state index contributed by atoms with van der Waals surface area (Å²) in [5, 5.41) is 14.5. The maximum absolute atomic E-state index is 12.3. The Bertz CT molecular complexity index is 622. The molecule has 2 heterocycles. The SMILES string of the molecule is O=C(CCc1ccsc1)N1CCN(C[C@@H](O)c2ccccc2)CC1. The summed E-state index contributed by atoms with van der Waals surface area (Å²) in [6, 6.07) is 11.8. The average molecular weight is 344 g/mol. The van der Waals surface area contributed by atoms with E-state index in [0.717, 1.165) is 38.2 Å². The molecule has 1 aliphatic heterocycles. The Morgan fingerprint density at radius 3 is 2.54 bits per heavy atom. The lowest BCUT2D eigenvalue weighted by Gasteiger charge is -2.35. The van der Waals surface area contributed by atoms with E-state index >= 15 is 0 Å². The number of rotatable bonds is 6. The normalized spacial score (nSPS) is 17.0. The molecule has 1 fully saturated rings. The van der Waals surface area contributed by atoms with Gasteiger partial charge in [0.25, 0.3) is 0 Å². The van der Waals surface area contributed by atoms with Crippen molar-refractivity contribution in [2.75, 3.05) is 32.7 Å². The molecule has 0 radical (unpaired) electrons. The van der Waals surface area contributed by atoms with E-state index in [9.17, 15) is 9.90 Å². The molecule has 1 aliphatic rings. The van der Waals surface area contributed by atoms with Crippen LogP contribution in [0.2, 0.25) is 0 Å². The molecule has 1 saturated heterocycles. The number of β-amino-alcohol motifs (C(OH)–C–C–N with tert-alkyl or cyclic N) is 1. The van der Waals surface area contributed by atoms with Gasteiger partial charge in [-0.2, -0.15) is 11.3 Å². The molecule has 0 aliphatic carbocycles. The summed E-state index contributed by atoms with van der Waals surface area (Å²) in [6.07, 6.45) is 0.950. The van der Waals surface area contributed by atoms with E-state index in [1.54, 1.807) is 11.3 Å². The number of carbonyl (C=O) groups is 1. The first kappa shape index (κ1) is 17.1. The molecule has 128 valence electrons. The Kier molecular flexibility index (Phi) is 6.01. The second kappa shape index (κ2) is 8.42. The number of aryl methyl sites for hydroxylation is 1. The zero-order valence-electron chi connectivity index (χ0n) is 13.8. The van der Waals surface area contributed by atoms with Gasteiger partial charge in [0.2, 0.25) is 5.91 Å². The first-order valence-corrected chi connectivity index (χ1v) is 9.41. The van der Waals surface area contributed by atoms with Crippen LogP contribution in [0.25, 0.3) is 0 Å². The second-order valence-corrected chi connectivity index (χ2v) is 7.02. The highest BCUT2D eigenvalue weighted by Crippen LogP contribution is 2.16. The Morgan fingerprint density at radius 1 is 1.12 bits per heavy atom. The van der Waals surface area contributed by atoms with E-state index in [2.05, 4.69) is 21.7 Å². The molecular weight excluding hydrogens is 320 g/mol.